The quantitative estimate of drug-likeness (QED) is 0.748. The first-order valence-electron chi connectivity index (χ1n) is 6.41. The molecule has 20 heavy (non-hydrogen) atoms. The molecule has 0 radical (unpaired) electrons. The van der Waals surface area contributed by atoms with E-state index in [1.807, 2.05) is 35.7 Å². The summed E-state index contributed by atoms with van der Waals surface area (Å²) in [5.74, 6) is 0. The molecular formula is C16H14BrNOS. The highest BCUT2D eigenvalue weighted by Gasteiger charge is 2.13. The van der Waals surface area contributed by atoms with Crippen LogP contribution in [-0.2, 0) is 6.42 Å². The Hall–Kier alpha value is -1.23. The molecule has 2 nitrogen and oxygen atoms in total. The minimum Gasteiger partial charge on any atom is -0.386 e. The molecule has 0 aliphatic carbocycles. The van der Waals surface area contributed by atoms with E-state index >= 15 is 0 Å². The van der Waals surface area contributed by atoms with E-state index in [9.17, 15) is 5.11 Å². The minimum atomic E-state index is -0.566. The number of benzene rings is 1. The Morgan fingerprint density at radius 3 is 2.85 bits per heavy atom. The summed E-state index contributed by atoms with van der Waals surface area (Å²) in [7, 11) is 0. The molecule has 3 aromatic rings. The molecular weight excluding hydrogens is 334 g/mol. The average Bonchev–Trinajstić information content (AvgIpc) is 2.84. The standard InChI is InChI=1S/C16H14BrNOS/c1-10-6-15(18-14-5-3-2-4-13(10)14)16(19)8-12-7-11(17)9-20-12/h2-7,9,16,19H,8H2,1H3. The molecule has 0 aliphatic rings. The summed E-state index contributed by atoms with van der Waals surface area (Å²) in [5, 5.41) is 13.6. The highest BCUT2D eigenvalue weighted by atomic mass is 79.9. The molecule has 0 saturated heterocycles. The first-order valence-corrected chi connectivity index (χ1v) is 8.08. The van der Waals surface area contributed by atoms with Gasteiger partial charge in [-0.05, 0) is 46.6 Å². The Morgan fingerprint density at radius 2 is 2.10 bits per heavy atom. The number of thiophene rings is 1. The highest BCUT2D eigenvalue weighted by Crippen LogP contribution is 2.27. The summed E-state index contributed by atoms with van der Waals surface area (Å²) in [4.78, 5) is 5.73. The lowest BCUT2D eigenvalue weighted by atomic mass is 10.1. The van der Waals surface area contributed by atoms with Crippen LogP contribution in [0.4, 0.5) is 0 Å². The van der Waals surface area contributed by atoms with Crippen molar-refractivity contribution in [2.75, 3.05) is 0 Å². The van der Waals surface area contributed by atoms with Crippen molar-refractivity contribution in [3.63, 3.8) is 0 Å². The molecule has 4 heteroatoms. The van der Waals surface area contributed by atoms with Crippen molar-refractivity contribution in [3.8, 4) is 0 Å². The van der Waals surface area contributed by atoms with Gasteiger partial charge in [0.2, 0.25) is 0 Å². The van der Waals surface area contributed by atoms with Gasteiger partial charge >= 0.3 is 0 Å². The molecule has 2 heterocycles. The largest absolute Gasteiger partial charge is 0.386 e. The number of rotatable bonds is 3. The van der Waals surface area contributed by atoms with Crippen molar-refractivity contribution in [3.05, 3.63) is 62.4 Å². The van der Waals surface area contributed by atoms with Gasteiger partial charge in [-0.15, -0.1) is 11.3 Å². The van der Waals surface area contributed by atoms with Crippen LogP contribution in [0.1, 0.15) is 22.2 Å². The van der Waals surface area contributed by atoms with Crippen molar-refractivity contribution in [1.82, 2.24) is 4.98 Å². The van der Waals surface area contributed by atoms with Gasteiger partial charge in [0.05, 0.1) is 11.2 Å². The van der Waals surface area contributed by atoms with E-state index in [1.54, 1.807) is 11.3 Å². The molecule has 0 amide bonds. The maximum Gasteiger partial charge on any atom is 0.101 e. The molecule has 0 bridgehead atoms. The number of hydrogen-bond acceptors (Lipinski definition) is 3. The smallest absolute Gasteiger partial charge is 0.101 e. The minimum absolute atomic E-state index is 0.566. The number of hydrogen-bond donors (Lipinski definition) is 1. The lowest BCUT2D eigenvalue weighted by molar-refractivity contribution is 0.175. The maximum absolute atomic E-state index is 10.4. The topological polar surface area (TPSA) is 33.1 Å². The van der Waals surface area contributed by atoms with Crippen LogP contribution in [0.25, 0.3) is 10.9 Å². The third-order valence-electron chi connectivity index (χ3n) is 3.30. The van der Waals surface area contributed by atoms with E-state index in [0.29, 0.717) is 6.42 Å². The van der Waals surface area contributed by atoms with Gasteiger partial charge in [0.25, 0.3) is 0 Å². The Morgan fingerprint density at radius 1 is 1.30 bits per heavy atom. The molecule has 0 aliphatic heterocycles. The number of halogens is 1. The van der Waals surface area contributed by atoms with Gasteiger partial charge in [0.15, 0.2) is 0 Å². The number of aliphatic hydroxyl groups excluding tert-OH is 1. The van der Waals surface area contributed by atoms with Gasteiger partial charge in [-0.2, -0.15) is 0 Å². The molecule has 0 fully saturated rings. The Labute approximate surface area is 130 Å². The monoisotopic (exact) mass is 347 g/mol. The number of aliphatic hydroxyl groups is 1. The molecule has 2 aromatic heterocycles. The van der Waals surface area contributed by atoms with E-state index in [0.717, 1.165) is 31.5 Å². The molecule has 1 unspecified atom stereocenters. The Bertz CT molecular complexity index is 753. The van der Waals surface area contributed by atoms with E-state index in [2.05, 4.69) is 33.9 Å². The second kappa shape index (κ2) is 5.64. The van der Waals surface area contributed by atoms with Crippen LogP contribution in [0.2, 0.25) is 0 Å². The highest BCUT2D eigenvalue weighted by molar-refractivity contribution is 9.10. The zero-order valence-electron chi connectivity index (χ0n) is 11.0. The lowest BCUT2D eigenvalue weighted by Gasteiger charge is -2.11. The first kappa shape index (κ1) is 13.7. The Kier molecular flexibility index (Phi) is 3.87. The molecule has 3 rings (SSSR count). The lowest BCUT2D eigenvalue weighted by Crippen LogP contribution is -2.04. The molecule has 1 atom stereocenters. The van der Waals surface area contributed by atoms with Crippen molar-refractivity contribution in [1.29, 1.82) is 0 Å². The number of para-hydroxylation sites is 1. The van der Waals surface area contributed by atoms with E-state index in [-0.39, 0.29) is 0 Å². The van der Waals surface area contributed by atoms with Gasteiger partial charge in [-0.3, -0.25) is 4.98 Å². The predicted molar refractivity (Wildman–Crippen MR) is 87.2 cm³/mol. The van der Waals surface area contributed by atoms with Crippen molar-refractivity contribution < 1.29 is 5.11 Å². The van der Waals surface area contributed by atoms with E-state index < -0.39 is 6.10 Å². The summed E-state index contributed by atoms with van der Waals surface area (Å²) in [6.45, 7) is 2.06. The zero-order valence-corrected chi connectivity index (χ0v) is 13.4. The van der Waals surface area contributed by atoms with Crippen LogP contribution >= 0.6 is 27.3 Å². The maximum atomic E-state index is 10.4. The number of aryl methyl sites for hydroxylation is 1. The van der Waals surface area contributed by atoms with Gasteiger partial charge < -0.3 is 5.11 Å². The molecule has 0 spiro atoms. The van der Waals surface area contributed by atoms with Crippen LogP contribution in [0.15, 0.2) is 46.3 Å². The van der Waals surface area contributed by atoms with Crippen LogP contribution in [0, 0.1) is 6.92 Å². The zero-order chi connectivity index (χ0) is 14.1. The van der Waals surface area contributed by atoms with Crippen LogP contribution in [0.3, 0.4) is 0 Å². The number of fused-ring (bicyclic) bond motifs is 1. The number of nitrogens with zero attached hydrogens (tertiary/aromatic N) is 1. The van der Waals surface area contributed by atoms with Crippen LogP contribution < -0.4 is 0 Å². The predicted octanol–water partition coefficient (Wildman–Crippen LogP) is 4.64. The summed E-state index contributed by atoms with van der Waals surface area (Å²) >= 11 is 5.08. The molecule has 1 N–H and O–H groups in total. The normalized spacial score (nSPS) is 12.8. The van der Waals surface area contributed by atoms with Crippen LogP contribution in [0.5, 0.6) is 0 Å². The summed E-state index contributed by atoms with van der Waals surface area (Å²) in [6, 6.07) is 12.1. The average molecular weight is 348 g/mol. The number of aromatic nitrogens is 1. The first-order chi connectivity index (χ1) is 9.63. The van der Waals surface area contributed by atoms with Crippen molar-refractivity contribution in [2.45, 2.75) is 19.4 Å². The van der Waals surface area contributed by atoms with E-state index in [4.69, 9.17) is 0 Å². The van der Waals surface area contributed by atoms with Crippen molar-refractivity contribution in [2.24, 2.45) is 0 Å². The van der Waals surface area contributed by atoms with Gasteiger partial charge in [-0.25, -0.2) is 0 Å². The fourth-order valence-corrected chi connectivity index (χ4v) is 3.79. The van der Waals surface area contributed by atoms with Gasteiger partial charge in [0, 0.05) is 26.5 Å². The third kappa shape index (κ3) is 2.77. The second-order valence-corrected chi connectivity index (χ2v) is 6.74. The molecule has 102 valence electrons. The van der Waals surface area contributed by atoms with Crippen molar-refractivity contribution >= 4 is 38.2 Å². The third-order valence-corrected chi connectivity index (χ3v) is 5.02. The van der Waals surface area contributed by atoms with Crippen LogP contribution in [-0.4, -0.2) is 10.1 Å². The summed E-state index contributed by atoms with van der Waals surface area (Å²) in [5.41, 5.74) is 2.83. The molecule has 1 aromatic carbocycles. The second-order valence-electron chi connectivity index (χ2n) is 4.83. The molecule has 0 saturated carbocycles. The fourth-order valence-electron chi connectivity index (χ4n) is 2.30. The van der Waals surface area contributed by atoms with E-state index in [1.165, 1.54) is 0 Å². The fraction of sp³-hybridized carbons (Fsp3) is 0.188. The number of pyridine rings is 1. The SMILES string of the molecule is Cc1cc(C(O)Cc2cc(Br)cs2)nc2ccccc12. The summed E-state index contributed by atoms with van der Waals surface area (Å²) < 4.78 is 1.06. The van der Waals surface area contributed by atoms with Gasteiger partial charge in [-0.1, -0.05) is 18.2 Å². The Balaban J connectivity index is 1.93. The summed E-state index contributed by atoms with van der Waals surface area (Å²) in [6.07, 6.45) is 0.0324. The van der Waals surface area contributed by atoms with Gasteiger partial charge in [0.1, 0.15) is 6.10 Å².